The lowest BCUT2D eigenvalue weighted by atomic mass is 9.84. The van der Waals surface area contributed by atoms with Crippen molar-refractivity contribution in [3.05, 3.63) is 0 Å². The van der Waals surface area contributed by atoms with E-state index >= 15 is 0 Å². The molecule has 102 valence electrons. The Morgan fingerprint density at radius 3 is 2.41 bits per heavy atom. The minimum Gasteiger partial charge on any atom is -0.314 e. The van der Waals surface area contributed by atoms with Crippen molar-refractivity contribution in [3.63, 3.8) is 0 Å². The highest BCUT2D eigenvalue weighted by atomic mass is 15.2. The molecule has 0 saturated heterocycles. The highest BCUT2D eigenvalue weighted by Gasteiger charge is 2.27. The first-order chi connectivity index (χ1) is 8.02. The number of hydrogen-bond acceptors (Lipinski definition) is 2. The molecule has 0 bridgehead atoms. The van der Waals surface area contributed by atoms with E-state index in [9.17, 15) is 0 Å². The van der Waals surface area contributed by atoms with Gasteiger partial charge in [-0.1, -0.05) is 33.6 Å². The number of rotatable bonds is 6. The van der Waals surface area contributed by atoms with Gasteiger partial charge in [0.05, 0.1) is 0 Å². The van der Waals surface area contributed by atoms with Crippen LogP contribution in [-0.2, 0) is 0 Å². The van der Waals surface area contributed by atoms with Gasteiger partial charge in [0.15, 0.2) is 0 Å². The molecule has 0 aromatic rings. The normalized spacial score (nSPS) is 27.7. The molecule has 0 aromatic heterocycles. The Morgan fingerprint density at radius 2 is 1.82 bits per heavy atom. The fourth-order valence-electron chi connectivity index (χ4n) is 3.01. The third-order valence-corrected chi connectivity index (χ3v) is 4.40. The quantitative estimate of drug-likeness (QED) is 0.766. The first-order valence-electron chi connectivity index (χ1n) is 7.47. The predicted molar refractivity (Wildman–Crippen MR) is 76.4 cm³/mol. The summed E-state index contributed by atoms with van der Waals surface area (Å²) in [5.41, 5.74) is 0. The SMILES string of the molecule is CC(C)NCCC(C)N(C)C1CCCCC1C. The number of nitrogens with one attached hydrogen (secondary N) is 1. The summed E-state index contributed by atoms with van der Waals surface area (Å²) in [7, 11) is 2.33. The zero-order valence-corrected chi connectivity index (χ0v) is 12.5. The standard InChI is InChI=1S/C15H32N2/c1-12(2)16-11-10-14(4)17(5)15-9-7-6-8-13(15)3/h12-16H,6-11H2,1-5H3. The van der Waals surface area contributed by atoms with Gasteiger partial charge in [0.1, 0.15) is 0 Å². The fraction of sp³-hybridized carbons (Fsp3) is 1.00. The maximum absolute atomic E-state index is 3.52. The topological polar surface area (TPSA) is 15.3 Å². The molecule has 1 aliphatic rings. The van der Waals surface area contributed by atoms with Gasteiger partial charge in [0.25, 0.3) is 0 Å². The van der Waals surface area contributed by atoms with Gasteiger partial charge in [-0.2, -0.15) is 0 Å². The van der Waals surface area contributed by atoms with Crippen LogP contribution in [0.1, 0.15) is 59.8 Å². The molecule has 1 rings (SSSR count). The Labute approximate surface area is 108 Å². The lowest BCUT2D eigenvalue weighted by Gasteiger charge is -2.39. The Kier molecular flexibility index (Phi) is 6.50. The predicted octanol–water partition coefficient (Wildman–Crippen LogP) is 3.27. The smallest absolute Gasteiger partial charge is 0.0121 e. The third-order valence-electron chi connectivity index (χ3n) is 4.40. The van der Waals surface area contributed by atoms with Gasteiger partial charge in [0.2, 0.25) is 0 Å². The first-order valence-corrected chi connectivity index (χ1v) is 7.47. The largest absolute Gasteiger partial charge is 0.314 e. The van der Waals surface area contributed by atoms with Crippen LogP contribution in [0.4, 0.5) is 0 Å². The van der Waals surface area contributed by atoms with Crippen molar-refractivity contribution in [2.45, 2.75) is 77.9 Å². The highest BCUT2D eigenvalue weighted by Crippen LogP contribution is 2.28. The molecule has 0 radical (unpaired) electrons. The van der Waals surface area contributed by atoms with Crippen LogP contribution in [0, 0.1) is 5.92 Å². The Morgan fingerprint density at radius 1 is 1.18 bits per heavy atom. The molecule has 0 heterocycles. The first kappa shape index (κ1) is 15.0. The molecule has 2 heteroatoms. The molecule has 1 fully saturated rings. The van der Waals surface area contributed by atoms with Gasteiger partial charge < -0.3 is 10.2 Å². The van der Waals surface area contributed by atoms with Crippen LogP contribution in [0.3, 0.4) is 0 Å². The van der Waals surface area contributed by atoms with Crippen molar-refractivity contribution in [3.8, 4) is 0 Å². The summed E-state index contributed by atoms with van der Waals surface area (Å²) in [4.78, 5) is 2.63. The third kappa shape index (κ3) is 4.97. The average molecular weight is 240 g/mol. The molecule has 0 spiro atoms. The maximum Gasteiger partial charge on any atom is 0.0121 e. The van der Waals surface area contributed by atoms with Gasteiger partial charge in [-0.05, 0) is 45.7 Å². The van der Waals surface area contributed by atoms with Crippen LogP contribution in [0.2, 0.25) is 0 Å². The minimum atomic E-state index is 0.612. The van der Waals surface area contributed by atoms with E-state index in [1.54, 1.807) is 0 Å². The molecule has 1 saturated carbocycles. The van der Waals surface area contributed by atoms with E-state index in [0.29, 0.717) is 12.1 Å². The van der Waals surface area contributed by atoms with Gasteiger partial charge >= 0.3 is 0 Å². The summed E-state index contributed by atoms with van der Waals surface area (Å²) in [5.74, 6) is 0.884. The van der Waals surface area contributed by atoms with E-state index < -0.39 is 0 Å². The van der Waals surface area contributed by atoms with Crippen LogP contribution < -0.4 is 5.32 Å². The molecule has 3 unspecified atom stereocenters. The van der Waals surface area contributed by atoms with E-state index in [2.05, 4.69) is 45.0 Å². The Hall–Kier alpha value is -0.0800. The van der Waals surface area contributed by atoms with Gasteiger partial charge in [-0.3, -0.25) is 0 Å². The number of nitrogens with zero attached hydrogens (tertiary/aromatic N) is 1. The molecule has 17 heavy (non-hydrogen) atoms. The van der Waals surface area contributed by atoms with Crippen LogP contribution in [0.5, 0.6) is 0 Å². The molecule has 1 N–H and O–H groups in total. The van der Waals surface area contributed by atoms with Crippen molar-refractivity contribution < 1.29 is 0 Å². The van der Waals surface area contributed by atoms with Gasteiger partial charge in [-0.15, -0.1) is 0 Å². The second-order valence-electron chi connectivity index (χ2n) is 6.24. The van der Waals surface area contributed by atoms with Crippen molar-refractivity contribution in [1.29, 1.82) is 0 Å². The second kappa shape index (κ2) is 7.38. The molecule has 0 aromatic carbocycles. The Bertz CT molecular complexity index is 203. The summed E-state index contributed by atoms with van der Waals surface area (Å²) in [6, 6.07) is 2.13. The maximum atomic E-state index is 3.52. The fourth-order valence-corrected chi connectivity index (χ4v) is 3.01. The zero-order chi connectivity index (χ0) is 12.8. The van der Waals surface area contributed by atoms with Crippen molar-refractivity contribution >= 4 is 0 Å². The van der Waals surface area contributed by atoms with E-state index in [1.807, 2.05) is 0 Å². The molecule has 0 aliphatic heterocycles. The molecule has 3 atom stereocenters. The monoisotopic (exact) mass is 240 g/mol. The summed E-state index contributed by atoms with van der Waals surface area (Å²) in [6.45, 7) is 10.4. The minimum absolute atomic E-state index is 0.612. The second-order valence-corrected chi connectivity index (χ2v) is 6.24. The zero-order valence-electron chi connectivity index (χ0n) is 12.5. The Balaban J connectivity index is 2.31. The van der Waals surface area contributed by atoms with Crippen LogP contribution in [-0.4, -0.2) is 36.6 Å². The van der Waals surface area contributed by atoms with E-state index in [0.717, 1.165) is 18.5 Å². The number of hydrogen-bond donors (Lipinski definition) is 1. The summed E-state index contributed by atoms with van der Waals surface area (Å²) >= 11 is 0. The molecular weight excluding hydrogens is 208 g/mol. The average Bonchev–Trinajstić information content (AvgIpc) is 2.28. The summed E-state index contributed by atoms with van der Waals surface area (Å²) < 4.78 is 0. The summed E-state index contributed by atoms with van der Waals surface area (Å²) in [5, 5.41) is 3.52. The summed E-state index contributed by atoms with van der Waals surface area (Å²) in [6.07, 6.45) is 6.95. The molecule has 1 aliphatic carbocycles. The van der Waals surface area contributed by atoms with Crippen molar-refractivity contribution in [2.24, 2.45) is 5.92 Å². The lowest BCUT2D eigenvalue weighted by molar-refractivity contribution is 0.0993. The van der Waals surface area contributed by atoms with E-state index in [-0.39, 0.29) is 0 Å². The van der Waals surface area contributed by atoms with Gasteiger partial charge in [0, 0.05) is 18.1 Å². The lowest BCUT2D eigenvalue weighted by Crippen LogP contribution is -2.45. The van der Waals surface area contributed by atoms with Crippen LogP contribution in [0.15, 0.2) is 0 Å². The molecule has 0 amide bonds. The van der Waals surface area contributed by atoms with Crippen LogP contribution in [0.25, 0.3) is 0 Å². The van der Waals surface area contributed by atoms with Crippen molar-refractivity contribution in [1.82, 2.24) is 10.2 Å². The van der Waals surface area contributed by atoms with E-state index in [1.165, 1.54) is 32.1 Å². The van der Waals surface area contributed by atoms with Gasteiger partial charge in [-0.25, -0.2) is 0 Å². The highest BCUT2D eigenvalue weighted by molar-refractivity contribution is 4.82. The molecular formula is C15H32N2. The molecule has 2 nitrogen and oxygen atoms in total. The van der Waals surface area contributed by atoms with E-state index in [4.69, 9.17) is 0 Å². The van der Waals surface area contributed by atoms with Crippen molar-refractivity contribution in [2.75, 3.05) is 13.6 Å². The van der Waals surface area contributed by atoms with Crippen LogP contribution >= 0.6 is 0 Å².